The standard InChI is InChI=1S/C62H80Cl2N8O12S2/c1-66-57-41-47(64)40-56-54(57)43-59(71-25-6-3-7-26-71)61(56)84-50-14-18-52(19-15-50)86(77,78)70-24-32-82-36-33-79-29-8-11-48(73)10-4-2-5-20-68-62(74)69-23-31-81-35-34-80-30-9-37-85(75,76)51-16-12-49(13-17-51)83-60-55-39-46(63)38-45(44-65)53(55)42-58(60)72-27-21-67-22-28-72/h12-19,38-41,58-61,67,70H,2-11,20-37,42-43H2,(H2,68,69,74)/t58-,59-,60-,61-/m0/s1. The van der Waals surface area contributed by atoms with Gasteiger partial charge in [0.2, 0.25) is 10.0 Å². The van der Waals surface area contributed by atoms with Crippen LogP contribution in [0.15, 0.2) is 82.6 Å². The van der Waals surface area contributed by atoms with Crippen LogP contribution in [-0.2, 0) is 56.4 Å². The fourth-order valence-corrected chi connectivity index (χ4v) is 14.2. The molecule has 466 valence electrons. The van der Waals surface area contributed by atoms with Gasteiger partial charge in [-0.2, -0.15) is 5.26 Å². The number of piperazine rings is 1. The van der Waals surface area contributed by atoms with Crippen LogP contribution in [0.2, 0.25) is 10.0 Å². The van der Waals surface area contributed by atoms with Gasteiger partial charge >= 0.3 is 6.03 Å². The highest BCUT2D eigenvalue weighted by Crippen LogP contribution is 2.45. The maximum atomic E-state index is 13.1. The average Bonchev–Trinajstić information content (AvgIpc) is 1.74. The van der Waals surface area contributed by atoms with Crippen molar-refractivity contribution in [3.63, 3.8) is 0 Å². The Morgan fingerprint density at radius 2 is 1.17 bits per heavy atom. The van der Waals surface area contributed by atoms with Gasteiger partial charge in [-0.15, -0.1) is 0 Å². The number of likely N-dealkylation sites (tertiary alicyclic amines) is 1. The second-order valence-electron chi connectivity index (χ2n) is 21.8. The van der Waals surface area contributed by atoms with Crippen molar-refractivity contribution in [2.24, 2.45) is 0 Å². The Morgan fingerprint density at radius 1 is 0.628 bits per heavy atom. The van der Waals surface area contributed by atoms with Gasteiger partial charge in [0.25, 0.3) is 0 Å². The van der Waals surface area contributed by atoms with Crippen LogP contribution in [0.25, 0.3) is 4.85 Å². The third-order valence-electron chi connectivity index (χ3n) is 15.9. The summed E-state index contributed by atoms with van der Waals surface area (Å²) in [6.45, 7) is 16.2. The van der Waals surface area contributed by atoms with Gasteiger partial charge in [-0.3, -0.25) is 14.6 Å². The number of rotatable bonds is 35. The lowest BCUT2D eigenvalue weighted by atomic mass is 10.0. The van der Waals surface area contributed by atoms with Crippen molar-refractivity contribution in [1.29, 1.82) is 5.26 Å². The largest absolute Gasteiger partial charge is 0.484 e. The van der Waals surface area contributed by atoms with Crippen LogP contribution in [0.4, 0.5) is 10.5 Å². The molecule has 2 fully saturated rings. The number of ketones is 1. The smallest absolute Gasteiger partial charge is 0.314 e. The lowest BCUT2D eigenvalue weighted by molar-refractivity contribution is -0.119. The number of unbranched alkanes of at least 4 members (excludes halogenated alkanes) is 2. The first-order valence-corrected chi connectivity index (χ1v) is 33.8. The van der Waals surface area contributed by atoms with Crippen molar-refractivity contribution in [2.75, 3.05) is 118 Å². The van der Waals surface area contributed by atoms with Crippen molar-refractivity contribution in [1.82, 2.24) is 30.5 Å². The summed E-state index contributed by atoms with van der Waals surface area (Å²) in [6, 6.07) is 22.0. The number of benzene rings is 4. The number of Topliss-reactive ketones (excluding diaryl/α,β-unsaturated/α-hetero) is 1. The van der Waals surface area contributed by atoms with Gasteiger partial charge in [-0.05, 0) is 160 Å². The van der Waals surface area contributed by atoms with Gasteiger partial charge < -0.3 is 44.4 Å². The number of sulfonamides is 1. The molecule has 2 heterocycles. The van der Waals surface area contributed by atoms with Crippen molar-refractivity contribution in [3.8, 4) is 17.6 Å². The summed E-state index contributed by atoms with van der Waals surface area (Å²) in [5, 5.41) is 19.7. The molecule has 4 atom stereocenters. The van der Waals surface area contributed by atoms with Gasteiger partial charge in [-0.1, -0.05) is 36.0 Å². The molecule has 2 saturated heterocycles. The van der Waals surface area contributed by atoms with Gasteiger partial charge in [-0.25, -0.2) is 31.2 Å². The van der Waals surface area contributed by atoms with Crippen LogP contribution in [0, 0.1) is 17.9 Å². The minimum atomic E-state index is -3.80. The van der Waals surface area contributed by atoms with Gasteiger partial charge in [0.1, 0.15) is 29.5 Å². The van der Waals surface area contributed by atoms with E-state index < -0.39 is 19.9 Å². The Morgan fingerprint density at radius 3 is 1.81 bits per heavy atom. The Labute approximate surface area is 516 Å². The predicted molar refractivity (Wildman–Crippen MR) is 328 cm³/mol. The molecule has 0 bridgehead atoms. The molecule has 4 aromatic rings. The highest BCUT2D eigenvalue weighted by atomic mass is 35.5. The molecule has 2 aliphatic carbocycles. The highest BCUT2D eigenvalue weighted by molar-refractivity contribution is 7.91. The normalized spacial score (nSPS) is 18.8. The molecule has 2 aliphatic heterocycles. The summed E-state index contributed by atoms with van der Waals surface area (Å²) < 4.78 is 90.4. The molecule has 0 radical (unpaired) electrons. The van der Waals surface area contributed by atoms with Crippen LogP contribution in [0.3, 0.4) is 0 Å². The molecule has 0 spiro atoms. The van der Waals surface area contributed by atoms with E-state index in [0.717, 1.165) is 93.6 Å². The maximum absolute atomic E-state index is 13.1. The van der Waals surface area contributed by atoms with Gasteiger partial charge in [0, 0.05) is 81.9 Å². The topological polar surface area (TPSA) is 241 Å². The van der Waals surface area contributed by atoms with Crippen molar-refractivity contribution >= 4 is 60.6 Å². The SMILES string of the molecule is [C-]#[N+]c1cc(Cl)cc2c1C[C@H](N1CCCCC1)[C@H]2Oc1ccc(S(=O)(=O)NCCOCCOCCCC(=O)CCCCCNC(=O)NCCOCCOCCCS(=O)(=O)c2ccc(O[C@H]3c4cc(Cl)cc(C#N)c4C[C@@H]3N3CCNCC3)cc2)cc1. The van der Waals surface area contributed by atoms with Gasteiger partial charge in [0.15, 0.2) is 15.5 Å². The third-order valence-corrected chi connectivity index (χ3v) is 19.6. The number of hydrogen-bond donors (Lipinski definition) is 4. The second kappa shape index (κ2) is 33.8. The van der Waals surface area contributed by atoms with Crippen LogP contribution in [0.5, 0.6) is 11.5 Å². The van der Waals surface area contributed by atoms with E-state index in [0.29, 0.717) is 104 Å². The minimum Gasteiger partial charge on any atom is -0.484 e. The second-order valence-corrected chi connectivity index (χ2v) is 26.6. The summed E-state index contributed by atoms with van der Waals surface area (Å²) >= 11 is 12.9. The zero-order chi connectivity index (χ0) is 60.7. The first-order valence-electron chi connectivity index (χ1n) is 29.9. The number of nitrogens with zero attached hydrogens (tertiary/aromatic N) is 4. The van der Waals surface area contributed by atoms with Crippen LogP contribution in [0.1, 0.15) is 104 Å². The summed E-state index contributed by atoms with van der Waals surface area (Å²) in [5.41, 5.74) is 4.79. The summed E-state index contributed by atoms with van der Waals surface area (Å²) in [5.74, 6) is 1.14. The number of nitriles is 1. The molecule has 86 heavy (non-hydrogen) atoms. The van der Waals surface area contributed by atoms with E-state index in [-0.39, 0.29) is 91.2 Å². The van der Waals surface area contributed by atoms with E-state index in [2.05, 4.69) is 41.4 Å². The van der Waals surface area contributed by atoms with Crippen molar-refractivity contribution < 1.29 is 54.8 Å². The maximum Gasteiger partial charge on any atom is 0.314 e. The number of carbonyl (C=O) groups excluding carboxylic acids is 2. The third kappa shape index (κ3) is 19.5. The number of piperidine rings is 1. The first kappa shape index (κ1) is 66.5. The van der Waals surface area contributed by atoms with E-state index in [1.165, 1.54) is 18.6 Å². The number of carbonyl (C=O) groups is 2. The number of amides is 2. The fraction of sp³-hybridized carbons (Fsp3) is 0.548. The van der Waals surface area contributed by atoms with Crippen LogP contribution < -0.4 is 30.1 Å². The molecule has 0 aromatic heterocycles. The molecule has 4 aliphatic rings. The van der Waals surface area contributed by atoms with E-state index >= 15 is 0 Å². The zero-order valence-electron chi connectivity index (χ0n) is 48.7. The molecule has 4 aromatic carbocycles. The van der Waals surface area contributed by atoms with Gasteiger partial charge in [0.05, 0.1) is 85.5 Å². The first-order chi connectivity index (χ1) is 41.7. The fourth-order valence-electron chi connectivity index (χ4n) is 11.5. The monoisotopic (exact) mass is 1260 g/mol. The lowest BCUT2D eigenvalue weighted by Crippen LogP contribution is -2.50. The molecule has 0 unspecified atom stereocenters. The number of hydrogen-bond acceptors (Lipinski definition) is 16. The Balaban J connectivity index is 0.582. The number of nitrogens with one attached hydrogen (secondary N) is 4. The summed E-state index contributed by atoms with van der Waals surface area (Å²) in [6.07, 6.45) is 8.10. The molecule has 20 nitrogen and oxygen atoms in total. The molecular weight excluding hydrogens is 1180 g/mol. The molecular formula is C62H80Cl2N8O12S2. The molecule has 4 N–H and O–H groups in total. The summed E-state index contributed by atoms with van der Waals surface area (Å²) in [4.78, 5) is 33.4. The number of fused-ring (bicyclic) bond motifs is 2. The highest BCUT2D eigenvalue weighted by Gasteiger charge is 2.42. The quantitative estimate of drug-likeness (QED) is 0.0250. The number of ether oxygens (including phenoxy) is 6. The molecule has 2 amide bonds. The Kier molecular flexibility index (Phi) is 26.1. The summed E-state index contributed by atoms with van der Waals surface area (Å²) in [7, 11) is -7.37. The molecule has 0 saturated carbocycles. The van der Waals surface area contributed by atoms with Crippen molar-refractivity contribution in [2.45, 2.75) is 111 Å². The number of halogens is 2. The lowest BCUT2D eigenvalue weighted by Gasteiger charge is -2.36. The number of sulfone groups is 1. The molecule has 8 rings (SSSR count). The van der Waals surface area contributed by atoms with E-state index in [1.807, 2.05) is 12.1 Å². The Bertz CT molecular complexity index is 2960. The zero-order valence-corrected chi connectivity index (χ0v) is 51.9. The minimum absolute atomic E-state index is 0.0108. The molecule has 24 heteroatoms. The van der Waals surface area contributed by atoms with Crippen LogP contribution in [-0.4, -0.2) is 168 Å². The number of urea groups is 1. The van der Waals surface area contributed by atoms with E-state index in [1.54, 1.807) is 48.5 Å². The Hall–Kier alpha value is -5.44. The van der Waals surface area contributed by atoms with Crippen LogP contribution >= 0.6 is 23.2 Å². The van der Waals surface area contributed by atoms with E-state index in [9.17, 15) is 31.7 Å². The van der Waals surface area contributed by atoms with E-state index in [4.69, 9.17) is 58.2 Å². The average molecular weight is 1260 g/mol. The van der Waals surface area contributed by atoms with Crippen molar-refractivity contribution in [3.05, 3.63) is 122 Å². The predicted octanol–water partition coefficient (Wildman–Crippen LogP) is 8.31.